The first kappa shape index (κ1) is 28.8. The van der Waals surface area contributed by atoms with Crippen molar-refractivity contribution in [2.45, 2.75) is 84.0 Å². The van der Waals surface area contributed by atoms with Gasteiger partial charge in [-0.3, -0.25) is 4.79 Å². The summed E-state index contributed by atoms with van der Waals surface area (Å²) in [7, 11) is -4.19. The zero-order valence-corrected chi connectivity index (χ0v) is 25.0. The molecule has 0 radical (unpaired) electrons. The predicted molar refractivity (Wildman–Crippen MR) is 161 cm³/mol. The van der Waals surface area contributed by atoms with Crippen LogP contribution in [0.4, 0.5) is 0 Å². The topological polar surface area (TPSA) is 67.3 Å². The summed E-state index contributed by atoms with van der Waals surface area (Å²) in [6.45, 7) is 14.4. The number of para-hydroxylation sites is 2. The number of unbranched alkanes of at least 4 members (excludes halogenated alkanes) is 1. The molecule has 0 N–H and O–H groups in total. The van der Waals surface area contributed by atoms with Gasteiger partial charge in [0, 0.05) is 17.3 Å². The highest BCUT2D eigenvalue weighted by molar-refractivity contribution is 7.89. The van der Waals surface area contributed by atoms with Crippen molar-refractivity contribution in [1.82, 2.24) is 9.29 Å². The summed E-state index contributed by atoms with van der Waals surface area (Å²) >= 11 is 0. The molecule has 1 amide bonds. The van der Waals surface area contributed by atoms with Crippen molar-refractivity contribution in [1.29, 1.82) is 0 Å². The number of amides is 1. The van der Waals surface area contributed by atoms with Crippen LogP contribution in [0.3, 0.4) is 0 Å². The van der Waals surface area contributed by atoms with Gasteiger partial charge in [-0.2, -0.15) is 0 Å². The first-order chi connectivity index (χ1) is 18.5. The molecule has 0 saturated carbocycles. The molecular formula is C33H40N2O3S. The molecule has 5 nitrogen and oxygen atoms in total. The van der Waals surface area contributed by atoms with Crippen molar-refractivity contribution in [2.24, 2.45) is 0 Å². The van der Waals surface area contributed by atoms with Crippen LogP contribution >= 0.6 is 0 Å². The molecule has 0 saturated heterocycles. The Morgan fingerprint density at radius 2 is 1.28 bits per heavy atom. The second kappa shape index (κ2) is 11.5. The lowest BCUT2D eigenvalue weighted by Crippen LogP contribution is -2.39. The normalized spacial score (nSPS) is 12.3. The molecule has 4 aromatic rings. The van der Waals surface area contributed by atoms with E-state index in [0.717, 1.165) is 27.4 Å². The van der Waals surface area contributed by atoms with Crippen LogP contribution in [-0.4, -0.2) is 30.2 Å². The van der Waals surface area contributed by atoms with E-state index in [2.05, 4.69) is 13.8 Å². The van der Waals surface area contributed by atoms with Crippen molar-refractivity contribution in [3.63, 3.8) is 0 Å². The average molecular weight is 545 g/mol. The third-order valence-electron chi connectivity index (χ3n) is 7.37. The van der Waals surface area contributed by atoms with Gasteiger partial charge in [-0.15, -0.1) is 0 Å². The SMILES string of the molecule is CCCCN(C(=O)c1c2ccccc2nc2ccccc12)S(=O)(=O)c1c(C(C)C)cc(C(C)C)cc1C(C)C. The van der Waals surface area contributed by atoms with Gasteiger partial charge in [0.1, 0.15) is 0 Å². The smallest absolute Gasteiger partial charge is 0.268 e. The summed E-state index contributed by atoms with van der Waals surface area (Å²) in [4.78, 5) is 19.6. The number of nitrogens with zero attached hydrogens (tertiary/aromatic N) is 2. The van der Waals surface area contributed by atoms with E-state index in [0.29, 0.717) is 33.8 Å². The maximum Gasteiger partial charge on any atom is 0.268 e. The predicted octanol–water partition coefficient (Wildman–Crippen LogP) is 8.39. The van der Waals surface area contributed by atoms with Crippen LogP contribution < -0.4 is 0 Å². The summed E-state index contributed by atoms with van der Waals surface area (Å²) in [5.74, 6) is -0.312. The molecule has 0 fully saturated rings. The highest BCUT2D eigenvalue weighted by Gasteiger charge is 2.36. The van der Waals surface area contributed by atoms with Crippen LogP contribution in [0.1, 0.15) is 106 Å². The third-order valence-corrected chi connectivity index (χ3v) is 9.29. The minimum atomic E-state index is -4.19. The van der Waals surface area contributed by atoms with Crippen LogP contribution in [-0.2, 0) is 10.0 Å². The maximum absolute atomic E-state index is 14.7. The maximum atomic E-state index is 14.7. The number of hydrogen-bond acceptors (Lipinski definition) is 4. The molecule has 3 aromatic carbocycles. The van der Waals surface area contributed by atoms with Crippen LogP contribution in [0.15, 0.2) is 65.6 Å². The average Bonchev–Trinajstić information content (AvgIpc) is 2.90. The Balaban J connectivity index is 2.03. The van der Waals surface area contributed by atoms with Crippen molar-refractivity contribution in [2.75, 3.05) is 6.54 Å². The van der Waals surface area contributed by atoms with Crippen molar-refractivity contribution in [3.05, 3.63) is 82.9 Å². The molecule has 0 aliphatic heterocycles. The first-order valence-corrected chi connectivity index (χ1v) is 15.4. The molecule has 1 heterocycles. The molecule has 0 atom stereocenters. The number of hydrogen-bond donors (Lipinski definition) is 0. The number of benzene rings is 3. The molecule has 1 aromatic heterocycles. The lowest BCUT2D eigenvalue weighted by Gasteiger charge is -2.29. The second-order valence-electron chi connectivity index (χ2n) is 11.2. The molecule has 0 aliphatic rings. The van der Waals surface area contributed by atoms with Gasteiger partial charge in [0.25, 0.3) is 15.9 Å². The molecular weight excluding hydrogens is 504 g/mol. The molecule has 39 heavy (non-hydrogen) atoms. The minimum absolute atomic E-state index is 0.0308. The first-order valence-electron chi connectivity index (χ1n) is 14.0. The molecule has 6 heteroatoms. The summed E-state index contributed by atoms with van der Waals surface area (Å²) in [6, 6.07) is 18.9. The highest BCUT2D eigenvalue weighted by Crippen LogP contribution is 2.38. The van der Waals surface area contributed by atoms with E-state index in [-0.39, 0.29) is 29.2 Å². The zero-order valence-electron chi connectivity index (χ0n) is 24.2. The number of fused-ring (bicyclic) bond motifs is 2. The molecule has 0 aliphatic carbocycles. The van der Waals surface area contributed by atoms with Gasteiger partial charge in [0.05, 0.1) is 21.5 Å². The van der Waals surface area contributed by atoms with Gasteiger partial charge < -0.3 is 0 Å². The van der Waals surface area contributed by atoms with Gasteiger partial charge in [0.2, 0.25) is 0 Å². The van der Waals surface area contributed by atoms with Gasteiger partial charge in [-0.25, -0.2) is 17.7 Å². The summed E-state index contributed by atoms with van der Waals surface area (Å²) < 4.78 is 30.6. The molecule has 4 rings (SSSR count). The van der Waals surface area contributed by atoms with Crippen molar-refractivity contribution < 1.29 is 13.2 Å². The summed E-state index contributed by atoms with van der Waals surface area (Å²) in [5.41, 5.74) is 4.36. The molecule has 0 bridgehead atoms. The fourth-order valence-corrected chi connectivity index (χ4v) is 7.21. The third kappa shape index (κ3) is 5.44. The monoisotopic (exact) mass is 544 g/mol. The van der Waals surface area contributed by atoms with Gasteiger partial charge in [0.15, 0.2) is 0 Å². The molecule has 0 unspecified atom stereocenters. The van der Waals surface area contributed by atoms with Crippen LogP contribution in [0, 0.1) is 0 Å². The van der Waals surface area contributed by atoms with Gasteiger partial charge >= 0.3 is 0 Å². The lowest BCUT2D eigenvalue weighted by atomic mass is 9.89. The quantitative estimate of drug-likeness (QED) is 0.198. The Morgan fingerprint density at radius 3 is 1.72 bits per heavy atom. The largest absolute Gasteiger partial charge is 0.268 e. The van der Waals surface area contributed by atoms with E-state index < -0.39 is 15.9 Å². The Kier molecular flexibility index (Phi) is 8.45. The number of aromatic nitrogens is 1. The van der Waals surface area contributed by atoms with E-state index in [1.54, 1.807) is 0 Å². The number of carbonyl (C=O) groups is 1. The molecule has 0 spiro atoms. The van der Waals surface area contributed by atoms with E-state index in [1.807, 2.05) is 95.3 Å². The number of rotatable bonds is 9. The van der Waals surface area contributed by atoms with Crippen LogP contribution in [0.2, 0.25) is 0 Å². The van der Waals surface area contributed by atoms with E-state index in [9.17, 15) is 13.2 Å². The Labute approximate surface area is 233 Å². The van der Waals surface area contributed by atoms with Crippen LogP contribution in [0.25, 0.3) is 21.8 Å². The molecule has 206 valence electrons. The number of carbonyl (C=O) groups excluding carboxylic acids is 1. The second-order valence-corrected chi connectivity index (χ2v) is 13.0. The van der Waals surface area contributed by atoms with Crippen LogP contribution in [0.5, 0.6) is 0 Å². The standard InChI is InChI=1S/C33H40N2O3S/c1-8-9-18-35(33(36)31-25-14-10-12-16-29(25)34-30-17-13-11-15-26(30)31)39(37,38)32-27(22(4)5)19-24(21(2)3)20-28(32)23(6)7/h10-17,19-23H,8-9,18H2,1-7H3. The van der Waals surface area contributed by atoms with E-state index in [1.165, 1.54) is 0 Å². The minimum Gasteiger partial charge on any atom is -0.268 e. The number of pyridine rings is 1. The number of sulfonamides is 1. The fraction of sp³-hybridized carbons (Fsp3) is 0.394. The van der Waals surface area contributed by atoms with Crippen molar-refractivity contribution >= 4 is 37.7 Å². The van der Waals surface area contributed by atoms with E-state index >= 15 is 0 Å². The zero-order chi connectivity index (χ0) is 28.5. The van der Waals surface area contributed by atoms with E-state index in [4.69, 9.17) is 4.98 Å². The van der Waals surface area contributed by atoms with Crippen molar-refractivity contribution in [3.8, 4) is 0 Å². The highest BCUT2D eigenvalue weighted by atomic mass is 32.2. The Morgan fingerprint density at radius 1 is 0.795 bits per heavy atom. The lowest BCUT2D eigenvalue weighted by molar-refractivity contribution is 0.0863. The summed E-state index contributed by atoms with van der Waals surface area (Å²) in [6.07, 6.45) is 1.33. The van der Waals surface area contributed by atoms with Gasteiger partial charge in [-0.1, -0.05) is 103 Å². The Hall–Kier alpha value is -3.25. The fourth-order valence-electron chi connectivity index (χ4n) is 5.13. The summed E-state index contributed by atoms with van der Waals surface area (Å²) in [5, 5.41) is 1.31. The Bertz CT molecular complexity index is 1540. The van der Waals surface area contributed by atoms with Gasteiger partial charge in [-0.05, 0) is 53.0 Å².